The monoisotopic (exact) mass is 402 g/mol. The van der Waals surface area contributed by atoms with Gasteiger partial charge in [0.1, 0.15) is 0 Å². The summed E-state index contributed by atoms with van der Waals surface area (Å²) in [5, 5.41) is 5.96. The lowest BCUT2D eigenvalue weighted by atomic mass is 10.1. The standard InChI is InChI=1S/C22H18N4O2S/c1-13-9-14(2)11-16(10-13)20(27)26-22(29)24-17-6-3-5-15(12-17)21-25-19-18(28-21)7-4-8-23-19/h3-12H,1-2H3,(H2,24,26,27,29). The van der Waals surface area contributed by atoms with Crippen molar-refractivity contribution in [2.24, 2.45) is 0 Å². The van der Waals surface area contributed by atoms with Crippen LogP contribution >= 0.6 is 12.2 Å². The van der Waals surface area contributed by atoms with E-state index in [0.717, 1.165) is 16.7 Å². The van der Waals surface area contributed by atoms with Gasteiger partial charge in [-0.3, -0.25) is 10.1 Å². The lowest BCUT2D eigenvalue weighted by molar-refractivity contribution is 0.0977. The van der Waals surface area contributed by atoms with Gasteiger partial charge in [0.05, 0.1) is 0 Å². The maximum absolute atomic E-state index is 12.5. The molecule has 144 valence electrons. The summed E-state index contributed by atoms with van der Waals surface area (Å²) in [7, 11) is 0. The van der Waals surface area contributed by atoms with Gasteiger partial charge in [-0.1, -0.05) is 23.3 Å². The molecule has 0 unspecified atom stereocenters. The molecule has 0 bridgehead atoms. The average molecular weight is 402 g/mol. The Kier molecular flexibility index (Phi) is 5.05. The highest BCUT2D eigenvalue weighted by Gasteiger charge is 2.11. The van der Waals surface area contributed by atoms with Crippen LogP contribution in [-0.4, -0.2) is 21.0 Å². The molecule has 6 nitrogen and oxygen atoms in total. The number of hydrogen-bond acceptors (Lipinski definition) is 5. The molecule has 4 rings (SSSR count). The van der Waals surface area contributed by atoms with Gasteiger partial charge in [-0.2, -0.15) is 4.98 Å². The Morgan fingerprint density at radius 1 is 1.03 bits per heavy atom. The SMILES string of the molecule is Cc1cc(C)cc(C(=O)NC(=S)Nc2cccc(-c3nc4ncccc4o3)c2)c1. The van der Waals surface area contributed by atoms with E-state index in [9.17, 15) is 4.79 Å². The largest absolute Gasteiger partial charge is 0.434 e. The maximum Gasteiger partial charge on any atom is 0.257 e. The fourth-order valence-electron chi connectivity index (χ4n) is 3.07. The normalized spacial score (nSPS) is 10.7. The molecule has 0 radical (unpaired) electrons. The van der Waals surface area contributed by atoms with E-state index in [2.05, 4.69) is 20.6 Å². The van der Waals surface area contributed by atoms with Gasteiger partial charge in [-0.25, -0.2) is 4.98 Å². The summed E-state index contributed by atoms with van der Waals surface area (Å²) in [5.74, 6) is 0.211. The van der Waals surface area contributed by atoms with Crippen molar-refractivity contribution in [1.29, 1.82) is 0 Å². The summed E-state index contributed by atoms with van der Waals surface area (Å²) in [6, 6.07) is 16.7. The van der Waals surface area contributed by atoms with Gasteiger partial charge in [0.25, 0.3) is 5.91 Å². The van der Waals surface area contributed by atoms with E-state index in [-0.39, 0.29) is 11.0 Å². The molecule has 1 amide bonds. The molecule has 0 aliphatic heterocycles. The summed E-state index contributed by atoms with van der Waals surface area (Å²) in [6.45, 7) is 3.90. The van der Waals surface area contributed by atoms with E-state index in [1.54, 1.807) is 12.3 Å². The molecule has 2 N–H and O–H groups in total. The number of aromatic nitrogens is 2. The van der Waals surface area contributed by atoms with Crippen molar-refractivity contribution in [2.75, 3.05) is 5.32 Å². The number of pyridine rings is 1. The molecule has 0 fully saturated rings. The molecule has 7 heteroatoms. The van der Waals surface area contributed by atoms with Crippen LogP contribution in [0.25, 0.3) is 22.7 Å². The van der Waals surface area contributed by atoms with E-state index in [4.69, 9.17) is 16.6 Å². The first-order chi connectivity index (χ1) is 14.0. The number of thiocarbonyl (C=S) groups is 1. The molecule has 2 aromatic carbocycles. The number of aryl methyl sites for hydroxylation is 2. The molecule has 0 saturated heterocycles. The van der Waals surface area contributed by atoms with Gasteiger partial charge >= 0.3 is 0 Å². The van der Waals surface area contributed by atoms with Crippen LogP contribution in [0.2, 0.25) is 0 Å². The second kappa shape index (κ2) is 7.81. The summed E-state index contributed by atoms with van der Waals surface area (Å²) in [6.07, 6.45) is 1.67. The van der Waals surface area contributed by atoms with Crippen molar-refractivity contribution in [3.05, 3.63) is 77.5 Å². The number of benzene rings is 2. The third kappa shape index (κ3) is 4.30. The Hall–Kier alpha value is -3.58. The maximum atomic E-state index is 12.5. The van der Waals surface area contributed by atoms with E-state index >= 15 is 0 Å². The topological polar surface area (TPSA) is 80.0 Å². The summed E-state index contributed by atoms with van der Waals surface area (Å²) >= 11 is 5.30. The third-order valence-electron chi connectivity index (χ3n) is 4.24. The Labute approximate surface area is 173 Å². The number of fused-ring (bicyclic) bond motifs is 1. The van der Waals surface area contributed by atoms with Crippen molar-refractivity contribution in [3.8, 4) is 11.5 Å². The van der Waals surface area contributed by atoms with Gasteiger partial charge in [0.15, 0.2) is 16.3 Å². The zero-order valence-corrected chi connectivity index (χ0v) is 16.7. The van der Waals surface area contributed by atoms with Crippen LogP contribution in [0.3, 0.4) is 0 Å². The van der Waals surface area contributed by atoms with Crippen LogP contribution in [0.4, 0.5) is 5.69 Å². The van der Waals surface area contributed by atoms with Crippen molar-refractivity contribution < 1.29 is 9.21 Å². The van der Waals surface area contributed by atoms with Crippen LogP contribution in [0.1, 0.15) is 21.5 Å². The number of oxazole rings is 1. The van der Waals surface area contributed by atoms with Crippen molar-refractivity contribution in [2.45, 2.75) is 13.8 Å². The number of carbonyl (C=O) groups excluding carboxylic acids is 1. The summed E-state index contributed by atoms with van der Waals surface area (Å²) in [5.41, 5.74) is 5.28. The van der Waals surface area contributed by atoms with Crippen LogP contribution < -0.4 is 10.6 Å². The van der Waals surface area contributed by atoms with Crippen LogP contribution in [0.5, 0.6) is 0 Å². The van der Waals surface area contributed by atoms with Gasteiger partial charge in [0.2, 0.25) is 5.89 Å². The Bertz CT molecular complexity index is 1180. The molecule has 2 aromatic heterocycles. The van der Waals surface area contributed by atoms with E-state index in [0.29, 0.717) is 28.4 Å². The van der Waals surface area contributed by atoms with Gasteiger partial charge in [-0.15, -0.1) is 0 Å². The molecule has 4 aromatic rings. The number of anilines is 1. The van der Waals surface area contributed by atoms with E-state index < -0.39 is 0 Å². The number of carbonyl (C=O) groups is 1. The zero-order chi connectivity index (χ0) is 20.4. The Morgan fingerprint density at radius 3 is 2.59 bits per heavy atom. The second-order valence-electron chi connectivity index (χ2n) is 6.71. The summed E-state index contributed by atoms with van der Waals surface area (Å²) < 4.78 is 5.75. The van der Waals surface area contributed by atoms with E-state index in [1.807, 2.05) is 62.4 Å². The predicted octanol–water partition coefficient (Wildman–Crippen LogP) is 4.63. The lowest BCUT2D eigenvalue weighted by Crippen LogP contribution is -2.34. The number of nitrogens with one attached hydrogen (secondary N) is 2. The van der Waals surface area contributed by atoms with Gasteiger partial charge < -0.3 is 9.73 Å². The molecule has 0 aliphatic carbocycles. The Balaban J connectivity index is 1.48. The minimum atomic E-state index is -0.254. The highest BCUT2D eigenvalue weighted by atomic mass is 32.1. The Morgan fingerprint density at radius 2 is 1.83 bits per heavy atom. The first-order valence-corrected chi connectivity index (χ1v) is 9.41. The fourth-order valence-corrected chi connectivity index (χ4v) is 3.28. The molecule has 0 atom stereocenters. The van der Waals surface area contributed by atoms with Crippen LogP contribution in [0, 0.1) is 13.8 Å². The van der Waals surface area contributed by atoms with Gasteiger partial charge in [-0.05, 0) is 68.5 Å². The minimum Gasteiger partial charge on any atom is -0.434 e. The zero-order valence-electron chi connectivity index (χ0n) is 15.9. The molecule has 0 spiro atoms. The first-order valence-electron chi connectivity index (χ1n) is 9.00. The predicted molar refractivity (Wildman–Crippen MR) is 117 cm³/mol. The fraction of sp³-hybridized carbons (Fsp3) is 0.0909. The quantitative estimate of drug-likeness (QED) is 0.486. The number of rotatable bonds is 3. The second-order valence-corrected chi connectivity index (χ2v) is 7.12. The number of hydrogen-bond donors (Lipinski definition) is 2. The molecule has 0 saturated carbocycles. The van der Waals surface area contributed by atoms with Gasteiger partial charge in [0, 0.05) is 23.0 Å². The highest BCUT2D eigenvalue weighted by molar-refractivity contribution is 7.80. The molecular weight excluding hydrogens is 384 g/mol. The van der Waals surface area contributed by atoms with Crippen molar-refractivity contribution >= 4 is 40.2 Å². The lowest BCUT2D eigenvalue weighted by Gasteiger charge is -2.11. The molecular formula is C22H18N4O2S. The summed E-state index contributed by atoms with van der Waals surface area (Å²) in [4.78, 5) is 21.0. The average Bonchev–Trinajstić information content (AvgIpc) is 3.11. The number of amides is 1. The highest BCUT2D eigenvalue weighted by Crippen LogP contribution is 2.25. The number of nitrogens with zero attached hydrogens (tertiary/aromatic N) is 2. The van der Waals surface area contributed by atoms with Crippen LogP contribution in [-0.2, 0) is 0 Å². The first kappa shape index (κ1) is 18.8. The van der Waals surface area contributed by atoms with Crippen molar-refractivity contribution in [1.82, 2.24) is 15.3 Å². The molecule has 0 aliphatic rings. The van der Waals surface area contributed by atoms with Crippen molar-refractivity contribution in [3.63, 3.8) is 0 Å². The third-order valence-corrected chi connectivity index (χ3v) is 4.45. The molecule has 29 heavy (non-hydrogen) atoms. The minimum absolute atomic E-state index is 0.213. The van der Waals surface area contributed by atoms with Crippen LogP contribution in [0.15, 0.2) is 65.2 Å². The van der Waals surface area contributed by atoms with E-state index in [1.165, 1.54) is 0 Å². The smallest absolute Gasteiger partial charge is 0.257 e. The molecule has 2 heterocycles.